The molecule has 1 atom stereocenters. The number of hydrogen-bond acceptors (Lipinski definition) is 6. The van der Waals surface area contributed by atoms with Crippen molar-refractivity contribution in [3.8, 4) is 11.1 Å². The zero-order chi connectivity index (χ0) is 24.2. The number of aromatic nitrogens is 1. The minimum absolute atomic E-state index is 0.0311. The van der Waals surface area contributed by atoms with E-state index >= 15 is 0 Å². The van der Waals surface area contributed by atoms with E-state index in [4.69, 9.17) is 4.74 Å². The van der Waals surface area contributed by atoms with Crippen LogP contribution in [0.25, 0.3) is 11.1 Å². The minimum Gasteiger partial charge on any atom is -0.480 e. The number of thiazole rings is 1. The molecular formula is C25H25N3O5S. The Morgan fingerprint density at radius 2 is 1.68 bits per heavy atom. The molecule has 3 aromatic rings. The maximum atomic E-state index is 12.3. The number of nitrogens with zero attached hydrogens (tertiary/aromatic N) is 1. The smallest absolute Gasteiger partial charge is 0.407 e. The van der Waals surface area contributed by atoms with Gasteiger partial charge in [-0.05, 0) is 28.2 Å². The number of aliphatic carboxylic acids is 1. The van der Waals surface area contributed by atoms with Gasteiger partial charge >= 0.3 is 12.1 Å². The van der Waals surface area contributed by atoms with E-state index in [0.29, 0.717) is 5.01 Å². The van der Waals surface area contributed by atoms with Crippen molar-refractivity contribution in [2.75, 3.05) is 6.61 Å². The number of ether oxygens (including phenoxy) is 1. The Morgan fingerprint density at radius 1 is 1.06 bits per heavy atom. The van der Waals surface area contributed by atoms with E-state index in [1.54, 1.807) is 13.8 Å². The third-order valence-electron chi connectivity index (χ3n) is 5.73. The molecule has 0 saturated heterocycles. The number of carboxylic acids is 1. The van der Waals surface area contributed by atoms with Crippen molar-refractivity contribution < 1.29 is 24.2 Å². The Bertz CT molecular complexity index is 1180. The second-order valence-electron chi connectivity index (χ2n) is 8.34. The molecule has 1 heterocycles. The van der Waals surface area contributed by atoms with Crippen LogP contribution in [0.15, 0.2) is 53.9 Å². The Morgan fingerprint density at radius 3 is 2.26 bits per heavy atom. The third kappa shape index (κ3) is 4.94. The van der Waals surface area contributed by atoms with Crippen LogP contribution in [-0.2, 0) is 16.1 Å². The highest BCUT2D eigenvalue weighted by atomic mass is 32.1. The van der Waals surface area contributed by atoms with Crippen molar-refractivity contribution in [2.45, 2.75) is 32.4 Å². The number of alkyl carbamates (subject to hydrolysis) is 1. The zero-order valence-electron chi connectivity index (χ0n) is 18.8. The van der Waals surface area contributed by atoms with Gasteiger partial charge < -0.3 is 20.5 Å². The lowest BCUT2D eigenvalue weighted by atomic mass is 9.98. The lowest BCUT2D eigenvalue weighted by molar-refractivity contribution is -0.140. The summed E-state index contributed by atoms with van der Waals surface area (Å²) >= 11 is 1.20. The molecule has 0 radical (unpaired) electrons. The summed E-state index contributed by atoms with van der Waals surface area (Å²) in [6.07, 6.45) is -0.575. The second kappa shape index (κ2) is 10.0. The molecule has 0 fully saturated rings. The SMILES string of the molecule is CC(C)[C@H](NC(=O)c1csc(CNC(=O)OCC2c3ccccc3-c3ccccc32)n1)C(=O)O. The molecule has 3 N–H and O–H groups in total. The van der Waals surface area contributed by atoms with Gasteiger partial charge in [-0.3, -0.25) is 4.79 Å². The van der Waals surface area contributed by atoms with Gasteiger partial charge in [0.25, 0.3) is 5.91 Å². The number of amides is 2. The molecule has 4 rings (SSSR count). The molecule has 2 aromatic carbocycles. The van der Waals surface area contributed by atoms with Crippen LogP contribution >= 0.6 is 11.3 Å². The largest absolute Gasteiger partial charge is 0.480 e. The van der Waals surface area contributed by atoms with E-state index in [0.717, 1.165) is 22.3 Å². The van der Waals surface area contributed by atoms with Gasteiger partial charge in [0, 0.05) is 11.3 Å². The van der Waals surface area contributed by atoms with Crippen molar-refractivity contribution in [1.82, 2.24) is 15.6 Å². The van der Waals surface area contributed by atoms with Gasteiger partial charge in [-0.2, -0.15) is 0 Å². The Balaban J connectivity index is 1.31. The first-order valence-corrected chi connectivity index (χ1v) is 11.8. The Hall–Kier alpha value is -3.72. The molecule has 34 heavy (non-hydrogen) atoms. The van der Waals surface area contributed by atoms with Crippen molar-refractivity contribution >= 4 is 29.3 Å². The first-order chi connectivity index (χ1) is 16.3. The van der Waals surface area contributed by atoms with E-state index in [2.05, 4.69) is 39.9 Å². The van der Waals surface area contributed by atoms with Gasteiger partial charge in [0.15, 0.2) is 0 Å². The maximum Gasteiger partial charge on any atom is 0.407 e. The predicted molar refractivity (Wildman–Crippen MR) is 128 cm³/mol. The summed E-state index contributed by atoms with van der Waals surface area (Å²) in [6, 6.07) is 15.2. The zero-order valence-corrected chi connectivity index (χ0v) is 19.6. The quantitative estimate of drug-likeness (QED) is 0.449. The van der Waals surface area contributed by atoms with Gasteiger partial charge in [0.05, 0.1) is 6.54 Å². The lowest BCUT2D eigenvalue weighted by Crippen LogP contribution is -2.44. The number of carbonyl (C=O) groups excluding carboxylic acids is 2. The number of rotatable bonds is 8. The number of benzene rings is 2. The van der Waals surface area contributed by atoms with Crippen LogP contribution in [-0.4, -0.2) is 40.7 Å². The summed E-state index contributed by atoms with van der Waals surface area (Å²) in [4.78, 5) is 40.1. The molecule has 9 heteroatoms. The molecule has 1 aliphatic rings. The molecule has 2 amide bonds. The van der Waals surface area contributed by atoms with Crippen LogP contribution < -0.4 is 10.6 Å². The predicted octanol–water partition coefficient (Wildman–Crippen LogP) is 4.02. The van der Waals surface area contributed by atoms with Crippen LogP contribution in [0.1, 0.15) is 46.4 Å². The standard InChI is InChI=1S/C25H25N3O5S/c1-14(2)22(24(30)31)28-23(29)20-13-34-21(27-20)11-26-25(32)33-12-19-17-9-5-3-7-15(17)16-8-4-6-10-18(16)19/h3-10,13-14,19,22H,11-12H2,1-2H3,(H,26,32)(H,28,29)(H,30,31)/t22-/m0/s1. The normalized spacial score (nSPS) is 13.1. The summed E-state index contributed by atoms with van der Waals surface area (Å²) in [5.41, 5.74) is 4.69. The van der Waals surface area contributed by atoms with E-state index in [9.17, 15) is 19.5 Å². The van der Waals surface area contributed by atoms with E-state index in [1.807, 2.05) is 24.3 Å². The van der Waals surface area contributed by atoms with Gasteiger partial charge in [0.2, 0.25) is 0 Å². The number of nitrogens with one attached hydrogen (secondary N) is 2. The summed E-state index contributed by atoms with van der Waals surface area (Å²) in [7, 11) is 0. The minimum atomic E-state index is -1.10. The molecule has 0 bridgehead atoms. The fourth-order valence-corrected chi connectivity index (χ4v) is 4.74. The van der Waals surface area contributed by atoms with Crippen LogP contribution in [0.4, 0.5) is 4.79 Å². The van der Waals surface area contributed by atoms with Crippen molar-refractivity contribution in [2.24, 2.45) is 5.92 Å². The molecule has 0 unspecified atom stereocenters. The average Bonchev–Trinajstić information content (AvgIpc) is 3.42. The summed E-state index contributed by atoms with van der Waals surface area (Å²) in [5.74, 6) is -1.97. The summed E-state index contributed by atoms with van der Waals surface area (Å²) < 4.78 is 5.50. The van der Waals surface area contributed by atoms with Crippen LogP contribution in [0.2, 0.25) is 0 Å². The van der Waals surface area contributed by atoms with Gasteiger partial charge in [-0.25, -0.2) is 14.6 Å². The first-order valence-electron chi connectivity index (χ1n) is 10.9. The first kappa shape index (κ1) is 23.4. The summed E-state index contributed by atoms with van der Waals surface area (Å²) in [5, 5.41) is 16.4. The molecule has 1 aromatic heterocycles. The maximum absolute atomic E-state index is 12.3. The topological polar surface area (TPSA) is 118 Å². The Labute approximate surface area is 201 Å². The highest BCUT2D eigenvalue weighted by Gasteiger charge is 2.29. The monoisotopic (exact) mass is 479 g/mol. The van der Waals surface area contributed by atoms with E-state index in [-0.39, 0.29) is 30.7 Å². The summed E-state index contributed by atoms with van der Waals surface area (Å²) in [6.45, 7) is 3.73. The molecule has 0 spiro atoms. The third-order valence-corrected chi connectivity index (χ3v) is 6.58. The van der Waals surface area contributed by atoms with Crippen molar-refractivity contribution in [3.05, 3.63) is 75.7 Å². The van der Waals surface area contributed by atoms with Crippen LogP contribution in [0.5, 0.6) is 0 Å². The van der Waals surface area contributed by atoms with Gasteiger partial charge in [0.1, 0.15) is 23.4 Å². The van der Waals surface area contributed by atoms with Crippen LogP contribution in [0, 0.1) is 5.92 Å². The van der Waals surface area contributed by atoms with E-state index < -0.39 is 24.0 Å². The number of carbonyl (C=O) groups is 3. The van der Waals surface area contributed by atoms with Crippen LogP contribution in [0.3, 0.4) is 0 Å². The number of fused-ring (bicyclic) bond motifs is 3. The van der Waals surface area contributed by atoms with Gasteiger partial charge in [-0.15, -0.1) is 11.3 Å². The van der Waals surface area contributed by atoms with Crippen molar-refractivity contribution in [3.63, 3.8) is 0 Å². The average molecular weight is 480 g/mol. The van der Waals surface area contributed by atoms with Crippen molar-refractivity contribution in [1.29, 1.82) is 0 Å². The second-order valence-corrected chi connectivity index (χ2v) is 9.28. The molecular weight excluding hydrogens is 454 g/mol. The molecule has 0 saturated carbocycles. The lowest BCUT2D eigenvalue weighted by Gasteiger charge is -2.16. The molecule has 8 nitrogen and oxygen atoms in total. The number of hydrogen-bond donors (Lipinski definition) is 3. The molecule has 176 valence electrons. The highest BCUT2D eigenvalue weighted by Crippen LogP contribution is 2.44. The van der Waals surface area contributed by atoms with Gasteiger partial charge in [-0.1, -0.05) is 62.4 Å². The fourth-order valence-electron chi connectivity index (χ4n) is 4.02. The Kier molecular flexibility index (Phi) is 6.93. The molecule has 1 aliphatic carbocycles. The number of carboxylic acid groups (broad SMARTS) is 1. The molecule has 0 aliphatic heterocycles. The fraction of sp³-hybridized carbons (Fsp3) is 0.280. The van der Waals surface area contributed by atoms with E-state index in [1.165, 1.54) is 16.7 Å². The highest BCUT2D eigenvalue weighted by molar-refractivity contribution is 7.09.